The summed E-state index contributed by atoms with van der Waals surface area (Å²) in [4.78, 5) is 26.1. The molecule has 0 amide bonds. The summed E-state index contributed by atoms with van der Waals surface area (Å²) < 4.78 is 5.25. The molecule has 0 aliphatic heterocycles. The van der Waals surface area contributed by atoms with Crippen LogP contribution in [0.2, 0.25) is 0 Å². The monoisotopic (exact) mass is 606 g/mol. The predicted octanol–water partition coefficient (Wildman–Crippen LogP) is 5.63. The molecule has 0 radical (unpaired) electrons. The number of nitrogens with one attached hydrogen (secondary N) is 4. The fourth-order valence-electron chi connectivity index (χ4n) is 6.78. The van der Waals surface area contributed by atoms with Crippen LogP contribution in [0.1, 0.15) is 35.4 Å². The average Bonchev–Trinajstić information content (AvgIpc) is 3.74. The molecule has 12 heteroatoms. The molecular weight excluding hydrogens is 580 g/mol. The highest BCUT2D eigenvalue weighted by Gasteiger charge is 2.38. The van der Waals surface area contributed by atoms with Crippen molar-refractivity contribution < 1.29 is 40.2 Å². The van der Waals surface area contributed by atoms with Crippen LogP contribution in [-0.4, -0.2) is 63.2 Å². The van der Waals surface area contributed by atoms with Crippen LogP contribution < -0.4 is 0 Å². The maximum Gasteiger partial charge on any atom is 0.311 e. The molecule has 8 rings (SSSR count). The van der Waals surface area contributed by atoms with Crippen molar-refractivity contribution in [2.75, 3.05) is 6.61 Å². The molecule has 3 aromatic carbocycles. The molecule has 0 fully saturated rings. The molecule has 226 valence electrons. The molecule has 1 unspecified atom stereocenters. The van der Waals surface area contributed by atoms with Gasteiger partial charge in [-0.2, -0.15) is 0 Å². The van der Waals surface area contributed by atoms with Crippen molar-refractivity contribution in [1.82, 2.24) is 19.9 Å². The summed E-state index contributed by atoms with van der Waals surface area (Å²) in [5.41, 5.74) is 6.59. The maximum atomic E-state index is 12.7. The van der Waals surface area contributed by atoms with Gasteiger partial charge in [-0.05, 0) is 42.3 Å². The molecule has 7 aromatic rings. The molecule has 12 nitrogen and oxygen atoms in total. The maximum absolute atomic E-state index is 12.7. The number of rotatable bonds is 4. The summed E-state index contributed by atoms with van der Waals surface area (Å²) >= 11 is 0. The number of aromatic nitrogens is 4. The first kappa shape index (κ1) is 26.5. The molecule has 1 aliphatic rings. The van der Waals surface area contributed by atoms with Crippen molar-refractivity contribution in [3.05, 3.63) is 71.2 Å². The largest absolute Gasteiger partial charge is 0.504 e. The van der Waals surface area contributed by atoms with Gasteiger partial charge >= 0.3 is 5.97 Å². The van der Waals surface area contributed by atoms with Crippen LogP contribution in [0.3, 0.4) is 0 Å². The first-order valence-corrected chi connectivity index (χ1v) is 14.2. The smallest absolute Gasteiger partial charge is 0.311 e. The number of carbonyl (C=O) groups excluding carboxylic acids is 1. The second-order valence-electron chi connectivity index (χ2n) is 11.2. The second kappa shape index (κ2) is 9.16. The Morgan fingerprint density at radius 2 is 1.24 bits per heavy atom. The number of aromatic amines is 4. The third kappa shape index (κ3) is 3.68. The zero-order chi connectivity index (χ0) is 31.3. The van der Waals surface area contributed by atoms with Crippen LogP contribution in [0.25, 0.3) is 55.2 Å². The quantitative estimate of drug-likeness (QED) is 0.0894. The van der Waals surface area contributed by atoms with Gasteiger partial charge in [0, 0.05) is 63.1 Å². The molecule has 10 N–H and O–H groups in total. The Balaban J connectivity index is 1.56. The van der Waals surface area contributed by atoms with Gasteiger partial charge in [-0.15, -0.1) is 0 Å². The summed E-state index contributed by atoms with van der Waals surface area (Å²) in [6.07, 6.45) is 1.68. The van der Waals surface area contributed by atoms with E-state index < -0.39 is 11.9 Å². The zero-order valence-corrected chi connectivity index (χ0v) is 23.6. The molecule has 4 aromatic heterocycles. The minimum atomic E-state index is -0.637. The number of benzene rings is 3. The predicted molar refractivity (Wildman–Crippen MR) is 165 cm³/mol. The topological polar surface area (TPSA) is 211 Å². The molecular formula is C33H26N4O8. The molecule has 4 heterocycles. The molecule has 0 saturated heterocycles. The first-order chi connectivity index (χ1) is 21.6. The van der Waals surface area contributed by atoms with E-state index in [0.717, 1.165) is 0 Å². The summed E-state index contributed by atoms with van der Waals surface area (Å²) in [6, 6.07) is 10.5. The zero-order valence-electron chi connectivity index (χ0n) is 23.6. The Morgan fingerprint density at radius 1 is 0.711 bits per heavy atom. The van der Waals surface area contributed by atoms with E-state index in [0.29, 0.717) is 77.7 Å². The highest BCUT2D eigenvalue weighted by molar-refractivity contribution is 6.13. The third-order valence-corrected chi connectivity index (χ3v) is 8.63. The fourth-order valence-corrected chi connectivity index (χ4v) is 6.78. The molecule has 1 aliphatic carbocycles. The van der Waals surface area contributed by atoms with Crippen molar-refractivity contribution in [3.63, 3.8) is 0 Å². The van der Waals surface area contributed by atoms with E-state index in [-0.39, 0.29) is 47.5 Å². The Morgan fingerprint density at radius 3 is 1.89 bits per heavy atom. The number of carbonyl (C=O) groups is 1. The van der Waals surface area contributed by atoms with E-state index in [1.165, 1.54) is 36.4 Å². The number of esters is 1. The normalized spacial score (nSPS) is 14.0. The minimum Gasteiger partial charge on any atom is -0.504 e. The van der Waals surface area contributed by atoms with Gasteiger partial charge in [0.2, 0.25) is 0 Å². The third-order valence-electron chi connectivity index (χ3n) is 8.63. The minimum absolute atomic E-state index is 0.0467. The van der Waals surface area contributed by atoms with Crippen molar-refractivity contribution in [2.24, 2.45) is 0 Å². The van der Waals surface area contributed by atoms with E-state index in [4.69, 9.17) is 4.74 Å². The van der Waals surface area contributed by atoms with Crippen molar-refractivity contribution in [3.8, 4) is 57.0 Å². The number of phenolic OH excluding ortho intramolecular Hbond substituents is 6. The number of hydrogen-bond acceptors (Lipinski definition) is 8. The van der Waals surface area contributed by atoms with Crippen molar-refractivity contribution in [2.45, 2.75) is 19.3 Å². The van der Waals surface area contributed by atoms with Crippen LogP contribution >= 0.6 is 0 Å². The molecule has 0 saturated carbocycles. The number of aromatic hydroxyl groups is 6. The van der Waals surface area contributed by atoms with Crippen molar-refractivity contribution in [1.29, 1.82) is 0 Å². The van der Waals surface area contributed by atoms with Crippen LogP contribution in [0.15, 0.2) is 48.7 Å². The lowest BCUT2D eigenvalue weighted by molar-refractivity contribution is -0.142. The Kier molecular flexibility index (Phi) is 5.39. The average molecular weight is 607 g/mol. The standard InChI is InChI=1S/C33H26N4O8/c1-2-45-26(44)11-16-12(3-4-34-16)27-28-13-5-20(38)23(41)8-17(13)35-32(28)30-15-7-22(40)25(43)10-19(15)37-33(30)29-14-6-21(39)24(42)9-18(14)36-31(27)29/h3-10,27,34-43H,2,11H2,1H3. The van der Waals surface area contributed by atoms with Gasteiger partial charge in [-0.3, -0.25) is 4.79 Å². The molecule has 1 atom stereocenters. The fraction of sp³-hybridized carbons (Fsp3) is 0.121. The van der Waals surface area contributed by atoms with Crippen LogP contribution in [0.4, 0.5) is 0 Å². The Hall–Kier alpha value is -6.17. The summed E-state index contributed by atoms with van der Waals surface area (Å²) in [6.45, 7) is 1.95. The van der Waals surface area contributed by atoms with E-state index in [1.54, 1.807) is 13.1 Å². The lowest BCUT2D eigenvalue weighted by Gasteiger charge is -2.19. The van der Waals surface area contributed by atoms with Gasteiger partial charge in [0.1, 0.15) is 0 Å². The van der Waals surface area contributed by atoms with Gasteiger partial charge in [0.15, 0.2) is 34.5 Å². The first-order valence-electron chi connectivity index (χ1n) is 14.2. The Labute approximate surface area is 252 Å². The second-order valence-corrected chi connectivity index (χ2v) is 11.2. The number of H-pyrrole nitrogens is 4. The van der Waals surface area contributed by atoms with Crippen LogP contribution in [0.5, 0.6) is 34.5 Å². The molecule has 0 bridgehead atoms. The highest BCUT2D eigenvalue weighted by Crippen LogP contribution is 2.56. The van der Waals surface area contributed by atoms with Gasteiger partial charge < -0.3 is 55.3 Å². The summed E-state index contributed by atoms with van der Waals surface area (Å²) in [5.74, 6) is -3.01. The number of fused-ring (bicyclic) bond motifs is 11. The summed E-state index contributed by atoms with van der Waals surface area (Å²) in [5, 5.41) is 64.8. The van der Waals surface area contributed by atoms with E-state index in [1.807, 2.05) is 6.07 Å². The van der Waals surface area contributed by atoms with E-state index >= 15 is 0 Å². The van der Waals surface area contributed by atoms with Crippen LogP contribution in [0, 0.1) is 0 Å². The highest BCUT2D eigenvalue weighted by atomic mass is 16.5. The number of phenols is 6. The van der Waals surface area contributed by atoms with Gasteiger partial charge in [0.05, 0.1) is 46.9 Å². The van der Waals surface area contributed by atoms with E-state index in [2.05, 4.69) is 19.9 Å². The Bertz CT molecular complexity index is 2370. The van der Waals surface area contributed by atoms with Crippen molar-refractivity contribution >= 4 is 38.7 Å². The van der Waals surface area contributed by atoms with Gasteiger partial charge in [0.25, 0.3) is 0 Å². The van der Waals surface area contributed by atoms with E-state index in [9.17, 15) is 35.4 Å². The number of ether oxygens (including phenoxy) is 1. The van der Waals surface area contributed by atoms with Crippen LogP contribution in [-0.2, 0) is 16.0 Å². The molecule has 0 spiro atoms. The lowest BCUT2D eigenvalue weighted by Crippen LogP contribution is -2.12. The van der Waals surface area contributed by atoms with Gasteiger partial charge in [-0.1, -0.05) is 0 Å². The lowest BCUT2D eigenvalue weighted by atomic mass is 9.85. The number of hydrogen-bond donors (Lipinski definition) is 10. The SMILES string of the molecule is CCOC(=O)Cc1[nH]ccc1C1c2[nH]c3cc(O)c(O)cc3c2-c2[nH]c3cc(O)c(O)cc3c2-c2[nH]c3cc(O)c(O)cc3c21. The van der Waals surface area contributed by atoms with Gasteiger partial charge in [-0.25, -0.2) is 0 Å². The summed E-state index contributed by atoms with van der Waals surface area (Å²) in [7, 11) is 0. The molecule has 45 heavy (non-hydrogen) atoms.